The molecule has 0 spiro atoms. The van der Waals surface area contributed by atoms with Crippen molar-refractivity contribution in [3.63, 3.8) is 0 Å². The summed E-state index contributed by atoms with van der Waals surface area (Å²) in [5.41, 5.74) is 7.30. The molecule has 1 fully saturated rings. The number of carbonyl (C=O) groups is 1. The van der Waals surface area contributed by atoms with Gasteiger partial charge < -0.3 is 15.8 Å². The molecule has 3 aromatic rings. The highest BCUT2D eigenvalue weighted by Crippen LogP contribution is 2.29. The van der Waals surface area contributed by atoms with E-state index in [1.54, 1.807) is 30.5 Å². The largest absolute Gasteiger partial charge is 0.488 e. The van der Waals surface area contributed by atoms with Crippen LogP contribution in [0.5, 0.6) is 5.75 Å². The number of para-hydroxylation sites is 1. The van der Waals surface area contributed by atoms with Gasteiger partial charge in [0.2, 0.25) is 11.9 Å². The molecule has 0 saturated heterocycles. The molecule has 0 unspecified atom stereocenters. The minimum absolute atomic E-state index is 0.272. The summed E-state index contributed by atoms with van der Waals surface area (Å²) in [7, 11) is 0. The minimum atomic E-state index is -0.452. The van der Waals surface area contributed by atoms with Crippen LogP contribution in [0.15, 0.2) is 48.7 Å². The lowest BCUT2D eigenvalue weighted by molar-refractivity contribution is 0.100. The monoisotopic (exact) mass is 348 g/mol. The third-order valence-electron chi connectivity index (χ3n) is 4.60. The first-order valence-corrected chi connectivity index (χ1v) is 8.78. The van der Waals surface area contributed by atoms with E-state index < -0.39 is 5.91 Å². The number of amides is 1. The average Bonchev–Trinajstić information content (AvgIpc) is 3.16. The highest BCUT2D eigenvalue weighted by atomic mass is 16.5. The quantitative estimate of drug-likeness (QED) is 0.732. The number of ether oxygens (including phenoxy) is 1. The van der Waals surface area contributed by atoms with Crippen molar-refractivity contribution < 1.29 is 9.53 Å². The van der Waals surface area contributed by atoms with E-state index in [0.717, 1.165) is 35.2 Å². The van der Waals surface area contributed by atoms with Crippen LogP contribution in [0, 0.1) is 0 Å². The topological polar surface area (TPSA) is 90.1 Å². The predicted octanol–water partition coefficient (Wildman–Crippen LogP) is 3.79. The van der Waals surface area contributed by atoms with Gasteiger partial charge in [-0.1, -0.05) is 12.1 Å². The summed E-state index contributed by atoms with van der Waals surface area (Å²) < 4.78 is 6.17. The van der Waals surface area contributed by atoms with Gasteiger partial charge in [0, 0.05) is 22.8 Å². The number of fused-ring (bicyclic) bond motifs is 1. The van der Waals surface area contributed by atoms with Crippen LogP contribution in [-0.2, 0) is 0 Å². The number of aromatic nitrogens is 2. The lowest BCUT2D eigenvalue weighted by atomic mass is 10.2. The fourth-order valence-corrected chi connectivity index (χ4v) is 3.22. The number of nitrogens with zero attached hydrogens (tertiary/aromatic N) is 2. The van der Waals surface area contributed by atoms with Crippen LogP contribution < -0.4 is 15.8 Å². The second kappa shape index (κ2) is 7.00. The van der Waals surface area contributed by atoms with Crippen molar-refractivity contribution in [3.8, 4) is 5.75 Å². The number of nitrogens with two attached hydrogens (primary N) is 1. The van der Waals surface area contributed by atoms with E-state index in [2.05, 4.69) is 15.3 Å². The van der Waals surface area contributed by atoms with Gasteiger partial charge in [-0.3, -0.25) is 4.79 Å². The summed E-state index contributed by atoms with van der Waals surface area (Å²) in [5, 5.41) is 4.09. The van der Waals surface area contributed by atoms with Crippen molar-refractivity contribution in [2.24, 2.45) is 5.73 Å². The molecule has 0 bridgehead atoms. The van der Waals surface area contributed by atoms with Gasteiger partial charge in [-0.25, -0.2) is 9.97 Å². The van der Waals surface area contributed by atoms with Crippen molar-refractivity contribution >= 4 is 28.4 Å². The zero-order valence-corrected chi connectivity index (χ0v) is 14.3. The first-order valence-electron chi connectivity index (χ1n) is 8.78. The van der Waals surface area contributed by atoms with Gasteiger partial charge in [0.05, 0.1) is 6.10 Å². The van der Waals surface area contributed by atoms with E-state index >= 15 is 0 Å². The summed E-state index contributed by atoms with van der Waals surface area (Å²) in [6.45, 7) is 0. The van der Waals surface area contributed by atoms with E-state index in [1.807, 2.05) is 18.2 Å². The number of benzene rings is 2. The Kier molecular flexibility index (Phi) is 4.39. The summed E-state index contributed by atoms with van der Waals surface area (Å²) >= 11 is 0. The van der Waals surface area contributed by atoms with Gasteiger partial charge in [-0.15, -0.1) is 0 Å². The maximum Gasteiger partial charge on any atom is 0.248 e. The van der Waals surface area contributed by atoms with E-state index in [4.69, 9.17) is 10.5 Å². The molecule has 2 aromatic carbocycles. The first-order chi connectivity index (χ1) is 12.7. The smallest absolute Gasteiger partial charge is 0.248 e. The number of nitrogens with one attached hydrogen (secondary N) is 1. The van der Waals surface area contributed by atoms with Crippen molar-refractivity contribution in [1.29, 1.82) is 0 Å². The van der Waals surface area contributed by atoms with Gasteiger partial charge in [0.1, 0.15) is 11.3 Å². The van der Waals surface area contributed by atoms with E-state index in [9.17, 15) is 4.79 Å². The number of rotatable bonds is 5. The maximum atomic E-state index is 11.2. The van der Waals surface area contributed by atoms with Crippen molar-refractivity contribution in [2.45, 2.75) is 31.8 Å². The number of anilines is 2. The standard InChI is InChI=1S/C20H20N4O2/c21-19(25)13-8-10-15(11-9-13)23-20-22-12-14-4-3-7-17(18(14)24-20)26-16-5-1-2-6-16/h3-4,7-12,16H,1-2,5-6H2,(H2,21,25)(H,22,23,24). The van der Waals surface area contributed by atoms with Crippen molar-refractivity contribution in [3.05, 3.63) is 54.2 Å². The van der Waals surface area contributed by atoms with Crippen LogP contribution in [0.2, 0.25) is 0 Å². The molecule has 0 atom stereocenters. The molecule has 3 N–H and O–H groups in total. The third-order valence-corrected chi connectivity index (χ3v) is 4.60. The SMILES string of the molecule is NC(=O)c1ccc(Nc2ncc3cccc(OC4CCCC4)c3n2)cc1. The van der Waals surface area contributed by atoms with Crippen LogP contribution in [0.4, 0.5) is 11.6 Å². The van der Waals surface area contributed by atoms with Crippen LogP contribution in [-0.4, -0.2) is 22.0 Å². The van der Waals surface area contributed by atoms with Crippen LogP contribution >= 0.6 is 0 Å². The number of hydrogen-bond donors (Lipinski definition) is 2. The van der Waals surface area contributed by atoms with E-state index in [0.29, 0.717) is 11.5 Å². The van der Waals surface area contributed by atoms with E-state index in [-0.39, 0.29) is 6.10 Å². The predicted molar refractivity (Wildman–Crippen MR) is 101 cm³/mol. The van der Waals surface area contributed by atoms with Crippen LogP contribution in [0.25, 0.3) is 10.9 Å². The molecule has 1 aliphatic rings. The molecule has 4 rings (SSSR count). The molecule has 1 aromatic heterocycles. The molecule has 6 heteroatoms. The van der Waals surface area contributed by atoms with Gasteiger partial charge in [-0.2, -0.15) is 0 Å². The summed E-state index contributed by atoms with van der Waals surface area (Å²) in [5.74, 6) is 0.822. The maximum absolute atomic E-state index is 11.2. The molecular formula is C20H20N4O2. The molecule has 1 saturated carbocycles. The van der Waals surface area contributed by atoms with Gasteiger partial charge in [0.15, 0.2) is 0 Å². The average molecular weight is 348 g/mol. The van der Waals surface area contributed by atoms with Crippen LogP contribution in [0.1, 0.15) is 36.0 Å². The van der Waals surface area contributed by atoms with E-state index in [1.165, 1.54) is 12.8 Å². The highest BCUT2D eigenvalue weighted by Gasteiger charge is 2.18. The first kappa shape index (κ1) is 16.3. The molecule has 6 nitrogen and oxygen atoms in total. The number of hydrogen-bond acceptors (Lipinski definition) is 5. The summed E-state index contributed by atoms with van der Waals surface area (Å²) in [6, 6.07) is 12.8. The van der Waals surface area contributed by atoms with Crippen molar-refractivity contribution in [1.82, 2.24) is 9.97 Å². The number of carbonyl (C=O) groups excluding carboxylic acids is 1. The normalized spacial score (nSPS) is 14.5. The molecule has 1 heterocycles. The molecule has 0 aliphatic heterocycles. The molecule has 1 aliphatic carbocycles. The fraction of sp³-hybridized carbons (Fsp3) is 0.250. The Labute approximate surface area is 151 Å². The highest BCUT2D eigenvalue weighted by molar-refractivity contribution is 5.93. The fourth-order valence-electron chi connectivity index (χ4n) is 3.22. The molecular weight excluding hydrogens is 328 g/mol. The second-order valence-electron chi connectivity index (χ2n) is 6.48. The Bertz CT molecular complexity index is 934. The zero-order valence-electron chi connectivity index (χ0n) is 14.3. The Balaban J connectivity index is 1.60. The second-order valence-corrected chi connectivity index (χ2v) is 6.48. The summed E-state index contributed by atoms with van der Waals surface area (Å²) in [4.78, 5) is 20.2. The Hall–Kier alpha value is -3.15. The molecule has 132 valence electrons. The Morgan fingerprint density at radius 2 is 1.88 bits per heavy atom. The van der Waals surface area contributed by atoms with Gasteiger partial charge >= 0.3 is 0 Å². The van der Waals surface area contributed by atoms with Crippen LogP contribution in [0.3, 0.4) is 0 Å². The lowest BCUT2D eigenvalue weighted by Gasteiger charge is -2.15. The molecule has 0 radical (unpaired) electrons. The Morgan fingerprint density at radius 3 is 2.62 bits per heavy atom. The minimum Gasteiger partial charge on any atom is -0.488 e. The van der Waals surface area contributed by atoms with Crippen molar-refractivity contribution in [2.75, 3.05) is 5.32 Å². The third kappa shape index (κ3) is 3.44. The summed E-state index contributed by atoms with van der Waals surface area (Å²) in [6.07, 6.45) is 6.69. The zero-order chi connectivity index (χ0) is 17.9. The van der Waals surface area contributed by atoms with Gasteiger partial charge in [-0.05, 0) is 56.0 Å². The Morgan fingerprint density at radius 1 is 1.12 bits per heavy atom. The number of primary amides is 1. The van der Waals surface area contributed by atoms with Gasteiger partial charge in [0.25, 0.3) is 0 Å². The molecule has 26 heavy (non-hydrogen) atoms. The molecule has 1 amide bonds. The lowest BCUT2D eigenvalue weighted by Crippen LogP contribution is -2.11.